The van der Waals surface area contributed by atoms with E-state index in [4.69, 9.17) is 4.74 Å². The number of benzene rings is 1. The molecule has 136 valence electrons. The average molecular weight is 366 g/mol. The maximum Gasteiger partial charge on any atom is 0.369 e. The van der Waals surface area contributed by atoms with Crippen LogP contribution in [0, 0.1) is 11.7 Å². The SMILES string of the molecule is O=C(O)C1=NC(C2CC2)C2=C(CCc3cc4ncccc4c(F)c32)OC1=O. The number of carboxylic acid groups (broad SMARTS) is 1. The molecule has 0 bridgehead atoms. The van der Waals surface area contributed by atoms with Gasteiger partial charge in [-0.25, -0.2) is 14.0 Å². The Kier molecular flexibility index (Phi) is 3.40. The van der Waals surface area contributed by atoms with Crippen molar-refractivity contribution in [3.63, 3.8) is 0 Å². The van der Waals surface area contributed by atoms with Crippen molar-refractivity contribution in [2.24, 2.45) is 10.9 Å². The first-order valence-corrected chi connectivity index (χ1v) is 8.87. The van der Waals surface area contributed by atoms with E-state index < -0.39 is 29.5 Å². The molecule has 7 heteroatoms. The number of halogens is 1. The Morgan fingerprint density at radius 3 is 2.85 bits per heavy atom. The number of carbonyl (C=O) groups excluding carboxylic acids is 1. The summed E-state index contributed by atoms with van der Waals surface area (Å²) in [6, 6.07) is 4.60. The summed E-state index contributed by atoms with van der Waals surface area (Å²) in [5.41, 5.74) is 1.64. The van der Waals surface area contributed by atoms with Crippen LogP contribution < -0.4 is 0 Å². The molecule has 0 amide bonds. The number of carbonyl (C=O) groups is 2. The second kappa shape index (κ2) is 5.70. The Morgan fingerprint density at radius 1 is 1.30 bits per heavy atom. The van der Waals surface area contributed by atoms with Crippen LogP contribution in [0.15, 0.2) is 35.1 Å². The van der Waals surface area contributed by atoms with E-state index in [0.717, 1.165) is 18.4 Å². The van der Waals surface area contributed by atoms with Gasteiger partial charge in [-0.05, 0) is 48.9 Å². The Balaban J connectivity index is 1.78. The van der Waals surface area contributed by atoms with Crippen LogP contribution >= 0.6 is 0 Å². The highest BCUT2D eigenvalue weighted by molar-refractivity contribution is 6.62. The van der Waals surface area contributed by atoms with Gasteiger partial charge >= 0.3 is 11.9 Å². The predicted octanol–water partition coefficient (Wildman–Crippen LogP) is 2.89. The van der Waals surface area contributed by atoms with Crippen molar-refractivity contribution in [2.75, 3.05) is 0 Å². The summed E-state index contributed by atoms with van der Waals surface area (Å²) < 4.78 is 20.9. The van der Waals surface area contributed by atoms with Crippen LogP contribution in [0.3, 0.4) is 0 Å². The summed E-state index contributed by atoms with van der Waals surface area (Å²) in [6.45, 7) is 0. The number of hydrogen-bond donors (Lipinski definition) is 1. The molecule has 1 aromatic carbocycles. The highest BCUT2D eigenvalue weighted by Gasteiger charge is 2.43. The Bertz CT molecular complexity index is 1080. The minimum atomic E-state index is -1.42. The number of aromatic nitrogens is 1. The molecular formula is C20H15FN2O4. The molecule has 27 heavy (non-hydrogen) atoms. The quantitative estimate of drug-likeness (QED) is 0.826. The van der Waals surface area contributed by atoms with Crippen LogP contribution in [0.5, 0.6) is 0 Å². The number of ether oxygens (including phenoxy) is 1. The lowest BCUT2D eigenvalue weighted by molar-refractivity contribution is -0.135. The zero-order valence-electron chi connectivity index (χ0n) is 14.2. The van der Waals surface area contributed by atoms with Crippen LogP contribution in [0.25, 0.3) is 16.5 Å². The largest absolute Gasteiger partial charge is 0.476 e. The second-order valence-electron chi connectivity index (χ2n) is 7.09. The summed E-state index contributed by atoms with van der Waals surface area (Å²) in [5.74, 6) is -2.39. The van der Waals surface area contributed by atoms with Gasteiger partial charge in [-0.3, -0.25) is 9.98 Å². The minimum Gasteiger partial charge on any atom is -0.476 e. The molecule has 0 saturated heterocycles. The predicted molar refractivity (Wildman–Crippen MR) is 94.6 cm³/mol. The highest BCUT2D eigenvalue weighted by atomic mass is 19.1. The van der Waals surface area contributed by atoms with Gasteiger partial charge in [0.2, 0.25) is 5.71 Å². The van der Waals surface area contributed by atoms with E-state index in [9.17, 15) is 14.7 Å². The van der Waals surface area contributed by atoms with Gasteiger partial charge in [0.05, 0.1) is 11.6 Å². The summed E-state index contributed by atoms with van der Waals surface area (Å²) >= 11 is 0. The van der Waals surface area contributed by atoms with Gasteiger partial charge in [0, 0.05) is 29.1 Å². The van der Waals surface area contributed by atoms with E-state index >= 15 is 4.39 Å². The fourth-order valence-electron chi connectivity index (χ4n) is 3.97. The zero-order chi connectivity index (χ0) is 18.7. The van der Waals surface area contributed by atoms with Gasteiger partial charge in [-0.15, -0.1) is 0 Å². The Labute approximate surface area is 153 Å². The number of carboxylic acids is 1. The van der Waals surface area contributed by atoms with Gasteiger partial charge in [0.15, 0.2) is 0 Å². The molecule has 0 radical (unpaired) electrons. The van der Waals surface area contributed by atoms with Gasteiger partial charge < -0.3 is 9.84 Å². The molecule has 0 spiro atoms. The average Bonchev–Trinajstić information content (AvgIpc) is 3.48. The van der Waals surface area contributed by atoms with E-state index in [0.29, 0.717) is 40.6 Å². The summed E-state index contributed by atoms with van der Waals surface area (Å²) in [5, 5.41) is 9.73. The van der Waals surface area contributed by atoms with Crippen molar-refractivity contribution in [1.82, 2.24) is 4.98 Å². The molecule has 2 aliphatic carbocycles. The summed E-state index contributed by atoms with van der Waals surface area (Å²) in [4.78, 5) is 32.2. The molecule has 1 saturated carbocycles. The van der Waals surface area contributed by atoms with Gasteiger partial charge in [-0.2, -0.15) is 0 Å². The smallest absolute Gasteiger partial charge is 0.369 e. The first-order valence-electron chi connectivity index (χ1n) is 8.87. The lowest BCUT2D eigenvalue weighted by Crippen LogP contribution is -2.26. The van der Waals surface area contributed by atoms with Crippen LogP contribution in [-0.2, 0) is 20.7 Å². The molecule has 3 aliphatic rings. The third-order valence-corrected chi connectivity index (χ3v) is 5.36. The van der Waals surface area contributed by atoms with Crippen LogP contribution in [-0.4, -0.2) is 33.8 Å². The number of rotatable bonds is 2. The first-order chi connectivity index (χ1) is 13.0. The van der Waals surface area contributed by atoms with Crippen molar-refractivity contribution < 1.29 is 23.8 Å². The molecule has 5 rings (SSSR count). The number of nitrogens with zero attached hydrogens (tertiary/aromatic N) is 2. The van der Waals surface area contributed by atoms with Crippen molar-refractivity contribution in [3.8, 4) is 0 Å². The number of aryl methyl sites for hydroxylation is 1. The standard InChI is InChI=1S/C20H15FN2O4/c21-16-11-2-1-7-22-12(11)8-10-5-6-13-15(14(10)16)17(9-3-4-9)23-18(19(24)25)20(26)27-13/h1-2,7-9,17H,3-6H2,(H,24,25). The minimum absolute atomic E-state index is 0.0915. The van der Waals surface area contributed by atoms with Crippen molar-refractivity contribution >= 4 is 34.1 Å². The molecule has 1 N–H and O–H groups in total. The third kappa shape index (κ3) is 2.45. The number of hydrogen-bond acceptors (Lipinski definition) is 5. The maximum atomic E-state index is 15.5. The monoisotopic (exact) mass is 366 g/mol. The normalized spacial score (nSPS) is 21.9. The maximum absolute atomic E-state index is 15.5. The van der Waals surface area contributed by atoms with Crippen LogP contribution in [0.2, 0.25) is 0 Å². The zero-order valence-corrected chi connectivity index (χ0v) is 14.2. The van der Waals surface area contributed by atoms with Gasteiger partial charge in [0.1, 0.15) is 11.6 Å². The number of aliphatic imine (C=N–C) groups is 1. The molecule has 2 heterocycles. The van der Waals surface area contributed by atoms with E-state index in [2.05, 4.69) is 9.98 Å². The molecule has 1 aromatic heterocycles. The molecule has 1 atom stereocenters. The molecule has 1 aliphatic heterocycles. The summed E-state index contributed by atoms with van der Waals surface area (Å²) in [6.07, 6.45) is 4.23. The van der Waals surface area contributed by atoms with Crippen molar-refractivity contribution in [2.45, 2.75) is 31.7 Å². The molecule has 1 fully saturated rings. The number of allylic oxidation sites excluding steroid dienone is 1. The van der Waals surface area contributed by atoms with E-state index in [1.165, 1.54) is 0 Å². The number of fused-ring (bicyclic) bond motifs is 3. The molecule has 2 aromatic rings. The molecule has 1 unspecified atom stereocenters. The third-order valence-electron chi connectivity index (χ3n) is 5.36. The van der Waals surface area contributed by atoms with Gasteiger partial charge in [-0.1, -0.05) is 0 Å². The fourth-order valence-corrected chi connectivity index (χ4v) is 3.97. The van der Waals surface area contributed by atoms with E-state index in [1.807, 2.05) is 6.07 Å². The Hall–Kier alpha value is -3.09. The number of pyridine rings is 1. The molecule has 6 nitrogen and oxygen atoms in total. The number of esters is 1. The van der Waals surface area contributed by atoms with E-state index in [1.54, 1.807) is 18.3 Å². The number of aliphatic carboxylic acids is 1. The summed E-state index contributed by atoms with van der Waals surface area (Å²) in [7, 11) is 0. The lowest BCUT2D eigenvalue weighted by atomic mass is 9.83. The van der Waals surface area contributed by atoms with Crippen molar-refractivity contribution in [1.29, 1.82) is 0 Å². The lowest BCUT2D eigenvalue weighted by Gasteiger charge is -2.26. The van der Waals surface area contributed by atoms with Crippen LogP contribution in [0.4, 0.5) is 4.39 Å². The van der Waals surface area contributed by atoms with Crippen molar-refractivity contribution in [3.05, 3.63) is 47.1 Å². The fraction of sp³-hybridized carbons (Fsp3) is 0.300. The van der Waals surface area contributed by atoms with Crippen LogP contribution in [0.1, 0.15) is 30.4 Å². The topological polar surface area (TPSA) is 88.8 Å². The highest BCUT2D eigenvalue weighted by Crippen LogP contribution is 2.47. The Morgan fingerprint density at radius 2 is 2.11 bits per heavy atom. The molecular weight excluding hydrogens is 351 g/mol. The van der Waals surface area contributed by atoms with E-state index in [-0.39, 0.29) is 5.92 Å². The first kappa shape index (κ1) is 16.1. The van der Waals surface area contributed by atoms with Gasteiger partial charge in [0.25, 0.3) is 0 Å². The second-order valence-corrected chi connectivity index (χ2v) is 7.09.